The number of aromatic nitrogens is 4. The monoisotopic (exact) mass is 361 g/mol. The summed E-state index contributed by atoms with van der Waals surface area (Å²) in [5, 5.41) is 37.5. The average Bonchev–Trinajstić information content (AvgIpc) is 3.14. The molecule has 0 aliphatic rings. The Morgan fingerprint density at radius 3 is 2.44 bits per heavy atom. The molecule has 9 nitrogen and oxygen atoms in total. The second-order valence-electron chi connectivity index (χ2n) is 5.28. The lowest BCUT2D eigenvalue weighted by molar-refractivity contribution is 0.0956. The predicted octanol–water partition coefficient (Wildman–Crippen LogP) is 0.207. The van der Waals surface area contributed by atoms with E-state index in [1.807, 2.05) is 0 Å². The number of rotatable bonds is 5. The molecule has 10 heteroatoms. The van der Waals surface area contributed by atoms with E-state index in [2.05, 4.69) is 20.6 Å². The van der Waals surface area contributed by atoms with Crippen LogP contribution in [0.2, 0.25) is 0 Å². The lowest BCUT2D eigenvalue weighted by Crippen LogP contribution is -2.14. The molecule has 3 aromatic rings. The fourth-order valence-electron chi connectivity index (χ4n) is 2.50. The maximum Gasteiger partial charge on any atom is 0.238 e. The molecule has 0 aliphatic heterocycles. The molecule has 1 heterocycles. The lowest BCUT2D eigenvalue weighted by Gasteiger charge is -2.13. The molecular weight excluding hydrogens is 346 g/mol. The highest BCUT2D eigenvalue weighted by atomic mass is 32.2. The summed E-state index contributed by atoms with van der Waals surface area (Å²) in [6.07, 6.45) is -0.985. The van der Waals surface area contributed by atoms with Gasteiger partial charge in [0.05, 0.1) is 17.1 Å². The zero-order valence-electron chi connectivity index (χ0n) is 12.9. The molecule has 0 aliphatic carbocycles. The van der Waals surface area contributed by atoms with Gasteiger partial charge in [0.1, 0.15) is 6.10 Å². The van der Waals surface area contributed by atoms with E-state index >= 15 is 0 Å². The Bertz CT molecular complexity index is 972. The second kappa shape index (κ2) is 6.69. The number of tetrazole rings is 1. The number of sulfonamides is 1. The maximum absolute atomic E-state index is 11.9. The van der Waals surface area contributed by atoms with Crippen molar-refractivity contribution < 1.29 is 18.6 Å². The van der Waals surface area contributed by atoms with Crippen molar-refractivity contribution in [2.24, 2.45) is 5.14 Å². The number of hydrogen-bond donors (Lipinski definition) is 4. The van der Waals surface area contributed by atoms with E-state index in [0.717, 1.165) is 0 Å². The minimum absolute atomic E-state index is 0.0964. The van der Waals surface area contributed by atoms with Crippen LogP contribution in [0.25, 0.3) is 22.5 Å². The van der Waals surface area contributed by atoms with Crippen LogP contribution in [0.5, 0.6) is 0 Å². The number of aliphatic hydroxyl groups is 2. The Morgan fingerprint density at radius 2 is 1.88 bits per heavy atom. The van der Waals surface area contributed by atoms with Gasteiger partial charge in [-0.05, 0) is 28.0 Å². The first-order chi connectivity index (χ1) is 11.9. The van der Waals surface area contributed by atoms with Gasteiger partial charge in [-0.3, -0.25) is 0 Å². The smallest absolute Gasteiger partial charge is 0.238 e. The van der Waals surface area contributed by atoms with Crippen LogP contribution in [0.3, 0.4) is 0 Å². The highest BCUT2D eigenvalue weighted by Gasteiger charge is 2.22. The van der Waals surface area contributed by atoms with Crippen molar-refractivity contribution in [1.82, 2.24) is 20.6 Å². The van der Waals surface area contributed by atoms with Crippen molar-refractivity contribution in [3.8, 4) is 22.5 Å². The third kappa shape index (κ3) is 3.42. The Labute approximate surface area is 143 Å². The van der Waals surface area contributed by atoms with E-state index in [0.29, 0.717) is 16.7 Å². The first-order valence-electron chi connectivity index (χ1n) is 7.20. The molecule has 25 heavy (non-hydrogen) atoms. The number of hydrogen-bond acceptors (Lipinski definition) is 7. The first kappa shape index (κ1) is 17.2. The molecule has 130 valence electrons. The van der Waals surface area contributed by atoms with Crippen LogP contribution in [0.15, 0.2) is 47.4 Å². The summed E-state index contributed by atoms with van der Waals surface area (Å²) < 4.78 is 23.9. The van der Waals surface area contributed by atoms with E-state index in [-0.39, 0.29) is 16.3 Å². The summed E-state index contributed by atoms with van der Waals surface area (Å²) in [7, 11) is -4.01. The van der Waals surface area contributed by atoms with Gasteiger partial charge < -0.3 is 10.2 Å². The summed E-state index contributed by atoms with van der Waals surface area (Å²) in [4.78, 5) is -0.120. The minimum Gasteiger partial charge on any atom is -0.393 e. The van der Waals surface area contributed by atoms with Crippen LogP contribution < -0.4 is 5.14 Å². The fraction of sp³-hybridized carbons (Fsp3) is 0.133. The van der Waals surface area contributed by atoms with Crippen LogP contribution in [0, 0.1) is 0 Å². The molecule has 0 saturated carbocycles. The van der Waals surface area contributed by atoms with E-state index in [9.17, 15) is 13.5 Å². The van der Waals surface area contributed by atoms with Crippen LogP contribution in [-0.4, -0.2) is 45.9 Å². The third-order valence-corrected chi connectivity index (χ3v) is 4.63. The van der Waals surface area contributed by atoms with Gasteiger partial charge in [-0.2, -0.15) is 5.21 Å². The summed E-state index contributed by atoms with van der Waals surface area (Å²) >= 11 is 0. The van der Waals surface area contributed by atoms with Gasteiger partial charge >= 0.3 is 0 Å². The molecule has 0 fully saturated rings. The number of H-pyrrole nitrogens is 1. The van der Waals surface area contributed by atoms with E-state index in [1.165, 1.54) is 6.07 Å². The first-order valence-corrected chi connectivity index (χ1v) is 8.75. The lowest BCUT2D eigenvalue weighted by atomic mass is 9.97. The van der Waals surface area contributed by atoms with Crippen molar-refractivity contribution in [2.45, 2.75) is 11.0 Å². The largest absolute Gasteiger partial charge is 0.393 e. The molecule has 0 spiro atoms. The van der Waals surface area contributed by atoms with Gasteiger partial charge in [0, 0.05) is 0 Å². The van der Waals surface area contributed by atoms with Crippen molar-refractivity contribution in [2.75, 3.05) is 6.61 Å². The SMILES string of the molecule is NS(=O)(=O)c1cccc(-c2ccc([C@@H](O)CO)cc2)c1-c1nn[nH]n1. The third-order valence-electron chi connectivity index (χ3n) is 3.68. The topological polar surface area (TPSA) is 155 Å². The average molecular weight is 361 g/mol. The highest BCUT2D eigenvalue weighted by molar-refractivity contribution is 7.89. The Morgan fingerprint density at radius 1 is 1.16 bits per heavy atom. The molecule has 1 aromatic heterocycles. The number of nitrogens with two attached hydrogens (primary N) is 1. The van der Waals surface area contributed by atoms with Gasteiger partial charge in [0.25, 0.3) is 0 Å². The Kier molecular flexibility index (Phi) is 4.59. The zero-order chi connectivity index (χ0) is 18.0. The number of nitrogens with one attached hydrogen (secondary N) is 1. The van der Waals surface area contributed by atoms with Crippen LogP contribution in [0.4, 0.5) is 0 Å². The number of primary sulfonamides is 1. The van der Waals surface area contributed by atoms with Gasteiger partial charge in [-0.15, -0.1) is 10.2 Å². The fourth-order valence-corrected chi connectivity index (χ4v) is 3.25. The summed E-state index contributed by atoms with van der Waals surface area (Å²) in [6.45, 7) is -0.394. The number of benzene rings is 2. The molecule has 0 bridgehead atoms. The van der Waals surface area contributed by atoms with Gasteiger partial charge in [0.15, 0.2) is 0 Å². The highest BCUT2D eigenvalue weighted by Crippen LogP contribution is 2.35. The predicted molar refractivity (Wildman–Crippen MR) is 88.5 cm³/mol. The van der Waals surface area contributed by atoms with Gasteiger partial charge in [-0.1, -0.05) is 36.4 Å². The van der Waals surface area contributed by atoms with Crippen molar-refractivity contribution in [1.29, 1.82) is 0 Å². The van der Waals surface area contributed by atoms with Crippen LogP contribution >= 0.6 is 0 Å². The molecule has 0 unspecified atom stereocenters. The quantitative estimate of drug-likeness (QED) is 0.506. The maximum atomic E-state index is 11.9. The standard InChI is InChI=1S/C15H15N5O4S/c16-25(23,24)13-3-1-2-11(14(13)15-17-19-20-18-15)9-4-6-10(7-5-9)12(22)8-21/h1-7,12,21-22H,8H2,(H2,16,23,24)(H,17,18,19,20)/t12-/m0/s1. The molecule has 0 saturated heterocycles. The molecule has 2 aromatic carbocycles. The Hall–Kier alpha value is -2.66. The summed E-state index contributed by atoms with van der Waals surface area (Å²) in [5.74, 6) is 0.0964. The van der Waals surface area contributed by atoms with E-state index < -0.39 is 22.7 Å². The van der Waals surface area contributed by atoms with Crippen molar-refractivity contribution >= 4 is 10.0 Å². The van der Waals surface area contributed by atoms with E-state index in [4.69, 9.17) is 10.2 Å². The van der Waals surface area contributed by atoms with Gasteiger partial charge in [0.2, 0.25) is 15.8 Å². The zero-order valence-corrected chi connectivity index (χ0v) is 13.7. The normalized spacial score (nSPS) is 12.9. The Balaban J connectivity index is 2.20. The van der Waals surface area contributed by atoms with Crippen LogP contribution in [0.1, 0.15) is 11.7 Å². The summed E-state index contributed by atoms with van der Waals surface area (Å²) in [5.41, 5.74) is 1.97. The number of aliphatic hydroxyl groups excluding tert-OH is 2. The number of aromatic amines is 1. The molecule has 0 radical (unpaired) electrons. The molecule has 5 N–H and O–H groups in total. The van der Waals surface area contributed by atoms with Crippen molar-refractivity contribution in [3.63, 3.8) is 0 Å². The van der Waals surface area contributed by atoms with Gasteiger partial charge in [-0.25, -0.2) is 13.6 Å². The second-order valence-corrected chi connectivity index (χ2v) is 6.81. The van der Waals surface area contributed by atoms with E-state index in [1.54, 1.807) is 36.4 Å². The minimum atomic E-state index is -4.01. The molecule has 3 rings (SSSR count). The van der Waals surface area contributed by atoms with Crippen molar-refractivity contribution in [3.05, 3.63) is 48.0 Å². The van der Waals surface area contributed by atoms with Crippen LogP contribution in [-0.2, 0) is 10.0 Å². The summed E-state index contributed by atoms with van der Waals surface area (Å²) in [6, 6.07) is 11.3. The molecular formula is C15H15N5O4S. The molecule has 1 atom stereocenters. The number of nitrogens with zero attached hydrogens (tertiary/aromatic N) is 3. The molecule has 0 amide bonds.